The van der Waals surface area contributed by atoms with Crippen LogP contribution in [0, 0.1) is 5.82 Å². The van der Waals surface area contributed by atoms with Gasteiger partial charge in [-0.2, -0.15) is 13.2 Å². The molecule has 0 aliphatic carbocycles. The molecule has 16 heavy (non-hydrogen) atoms. The van der Waals surface area contributed by atoms with E-state index < -0.39 is 36.4 Å². The first-order chi connectivity index (χ1) is 7.09. The lowest BCUT2D eigenvalue weighted by Gasteiger charge is -2.14. The van der Waals surface area contributed by atoms with Crippen LogP contribution in [0.1, 0.15) is 11.1 Å². The highest BCUT2D eigenvalue weighted by Gasteiger charge is 2.34. The third kappa shape index (κ3) is 3.43. The molecule has 0 spiro atoms. The quantitative estimate of drug-likeness (QED) is 0.549. The molecule has 0 heterocycles. The molecule has 0 N–H and O–H groups in total. The van der Waals surface area contributed by atoms with E-state index in [2.05, 4.69) is 0 Å². The lowest BCUT2D eigenvalue weighted by atomic mass is 9.81. The topological polar surface area (TPSA) is 0 Å². The molecule has 8 heteroatoms. The van der Waals surface area contributed by atoms with Crippen molar-refractivity contribution in [3.05, 3.63) is 35.1 Å². The van der Waals surface area contributed by atoms with Gasteiger partial charge in [0.1, 0.15) is 5.82 Å². The molecule has 0 aliphatic heterocycles. The smallest absolute Gasteiger partial charge is 0.449 e. The predicted octanol–water partition coefficient (Wildman–Crippen LogP) is 3.77. The zero-order chi connectivity index (χ0) is 12.6. The lowest BCUT2D eigenvalue weighted by molar-refractivity contribution is -0.140. The summed E-state index contributed by atoms with van der Waals surface area (Å²) < 4.78 is 84.8. The third-order valence-corrected chi connectivity index (χ3v) is 1.81. The third-order valence-electron chi connectivity index (χ3n) is 1.81. The van der Waals surface area contributed by atoms with Crippen molar-refractivity contribution in [3.63, 3.8) is 0 Å². The van der Waals surface area contributed by atoms with Crippen molar-refractivity contribution in [3.8, 4) is 0 Å². The molecular formula is C8H5BF7-. The Labute approximate surface area is 86.1 Å². The highest BCUT2D eigenvalue weighted by molar-refractivity contribution is 6.57. The zero-order valence-corrected chi connectivity index (χ0v) is 7.66. The molecule has 0 aromatic heterocycles. The zero-order valence-electron chi connectivity index (χ0n) is 7.66. The Morgan fingerprint density at radius 1 is 1.06 bits per heavy atom. The van der Waals surface area contributed by atoms with E-state index in [1.807, 2.05) is 0 Å². The molecule has 0 atom stereocenters. The maximum atomic E-state index is 12.8. The number of halogens is 7. The highest BCUT2D eigenvalue weighted by atomic mass is 19.4. The van der Waals surface area contributed by atoms with Crippen molar-refractivity contribution in [2.75, 3.05) is 0 Å². The molecule has 0 unspecified atom stereocenters. The average molecular weight is 245 g/mol. The molecule has 0 saturated carbocycles. The second-order valence-electron chi connectivity index (χ2n) is 3.23. The Hall–Kier alpha value is -1.21. The minimum Gasteiger partial charge on any atom is -0.449 e. The monoisotopic (exact) mass is 245 g/mol. The van der Waals surface area contributed by atoms with Crippen LogP contribution in [0.15, 0.2) is 18.2 Å². The fourth-order valence-electron chi connectivity index (χ4n) is 1.18. The summed E-state index contributed by atoms with van der Waals surface area (Å²) in [7, 11) is 0. The number of hydrogen-bond donors (Lipinski definition) is 0. The van der Waals surface area contributed by atoms with E-state index in [1.165, 1.54) is 0 Å². The van der Waals surface area contributed by atoms with E-state index in [1.54, 1.807) is 0 Å². The van der Waals surface area contributed by atoms with E-state index in [9.17, 15) is 30.5 Å². The number of alkyl halides is 3. The average Bonchev–Trinajstić information content (AvgIpc) is 1.97. The normalized spacial score (nSPS) is 12.9. The Morgan fingerprint density at radius 3 is 2.00 bits per heavy atom. The standard InChI is InChI=1S/C8H5BF7/c10-7-3-5(4-9(14,15)16)1-2-6(7)8(11,12)13/h1-3H,4H2/q-1. The molecule has 0 nitrogen and oxygen atoms in total. The molecular weight excluding hydrogens is 240 g/mol. The molecule has 0 saturated heterocycles. The predicted molar refractivity (Wildman–Crippen MR) is 44.2 cm³/mol. The molecule has 1 aromatic rings. The van der Waals surface area contributed by atoms with Crippen LogP contribution in [-0.2, 0) is 12.5 Å². The van der Waals surface area contributed by atoms with E-state index in [0.29, 0.717) is 12.1 Å². The first kappa shape index (κ1) is 12.9. The maximum absolute atomic E-state index is 12.8. The highest BCUT2D eigenvalue weighted by Crippen LogP contribution is 2.32. The van der Waals surface area contributed by atoms with E-state index in [0.717, 1.165) is 0 Å². The lowest BCUT2D eigenvalue weighted by Crippen LogP contribution is -2.19. The van der Waals surface area contributed by atoms with Crippen LogP contribution in [-0.4, -0.2) is 6.98 Å². The molecule has 0 amide bonds. The summed E-state index contributed by atoms with van der Waals surface area (Å²) in [5.41, 5.74) is -2.08. The fraction of sp³-hybridized carbons (Fsp3) is 0.250. The molecule has 0 fully saturated rings. The van der Waals surface area contributed by atoms with Crippen molar-refractivity contribution < 1.29 is 30.5 Å². The van der Waals surface area contributed by atoms with Crippen molar-refractivity contribution in [1.29, 1.82) is 0 Å². The van der Waals surface area contributed by atoms with Gasteiger partial charge in [0.2, 0.25) is 0 Å². The van der Waals surface area contributed by atoms with Gasteiger partial charge in [-0.25, -0.2) is 4.39 Å². The van der Waals surface area contributed by atoms with Gasteiger partial charge in [-0.3, -0.25) is 0 Å². The van der Waals surface area contributed by atoms with Gasteiger partial charge < -0.3 is 12.9 Å². The molecule has 0 aliphatic rings. The minimum absolute atomic E-state index is 0.262. The van der Waals surface area contributed by atoms with Gasteiger partial charge in [0.15, 0.2) is 0 Å². The number of rotatable bonds is 2. The maximum Gasteiger partial charge on any atom is 0.482 e. The van der Waals surface area contributed by atoms with Crippen LogP contribution >= 0.6 is 0 Å². The van der Waals surface area contributed by atoms with Gasteiger partial charge in [-0.1, -0.05) is 17.9 Å². The summed E-state index contributed by atoms with van der Waals surface area (Å²) >= 11 is 0. The van der Waals surface area contributed by atoms with Crippen LogP contribution in [0.2, 0.25) is 0 Å². The summed E-state index contributed by atoms with van der Waals surface area (Å²) in [6.45, 7) is -5.19. The molecule has 1 rings (SSSR count). The summed E-state index contributed by atoms with van der Waals surface area (Å²) in [6, 6.07) is 1.20. The number of benzene rings is 1. The fourth-order valence-corrected chi connectivity index (χ4v) is 1.18. The van der Waals surface area contributed by atoms with Crippen molar-refractivity contribution in [1.82, 2.24) is 0 Å². The second kappa shape index (κ2) is 3.99. The summed E-state index contributed by atoms with van der Waals surface area (Å²) in [5.74, 6) is -1.69. The van der Waals surface area contributed by atoms with Gasteiger partial charge in [-0.05, 0) is 12.1 Å². The molecule has 90 valence electrons. The Balaban J connectivity index is 3.01. The first-order valence-corrected chi connectivity index (χ1v) is 4.16. The van der Waals surface area contributed by atoms with Crippen LogP contribution < -0.4 is 0 Å². The van der Waals surface area contributed by atoms with Gasteiger partial charge in [0, 0.05) is 0 Å². The summed E-state index contributed by atoms with van der Waals surface area (Å²) in [4.78, 5) is 0. The Morgan fingerprint density at radius 2 is 1.62 bits per heavy atom. The van der Waals surface area contributed by atoms with Gasteiger partial charge in [0.25, 0.3) is 0 Å². The molecule has 0 radical (unpaired) electrons. The minimum atomic E-state index is -5.19. The molecule has 0 bridgehead atoms. The van der Waals surface area contributed by atoms with Crippen molar-refractivity contribution >= 4 is 6.98 Å². The molecule has 1 aromatic carbocycles. The van der Waals surface area contributed by atoms with Gasteiger partial charge >= 0.3 is 13.2 Å². The van der Waals surface area contributed by atoms with Crippen molar-refractivity contribution in [2.24, 2.45) is 0 Å². The largest absolute Gasteiger partial charge is 0.482 e. The van der Waals surface area contributed by atoms with Crippen LogP contribution in [0.5, 0.6) is 0 Å². The summed E-state index contributed by atoms with van der Waals surface area (Å²) in [6.07, 6.45) is -6.29. The van der Waals surface area contributed by atoms with Crippen LogP contribution in [0.25, 0.3) is 0 Å². The van der Waals surface area contributed by atoms with E-state index >= 15 is 0 Å². The van der Waals surface area contributed by atoms with Crippen LogP contribution in [0.3, 0.4) is 0 Å². The van der Waals surface area contributed by atoms with Crippen LogP contribution in [0.4, 0.5) is 30.5 Å². The van der Waals surface area contributed by atoms with E-state index in [-0.39, 0.29) is 6.07 Å². The Kier molecular flexibility index (Phi) is 3.21. The van der Waals surface area contributed by atoms with Crippen molar-refractivity contribution in [2.45, 2.75) is 12.5 Å². The summed E-state index contributed by atoms with van der Waals surface area (Å²) in [5, 5.41) is 0. The Bertz CT molecular complexity index is 379. The van der Waals surface area contributed by atoms with Gasteiger partial charge in [0.05, 0.1) is 5.56 Å². The second-order valence-corrected chi connectivity index (χ2v) is 3.23. The first-order valence-electron chi connectivity index (χ1n) is 4.16. The SMILES string of the molecule is Fc1cc(C[B-](F)(F)F)ccc1C(F)(F)F. The van der Waals surface area contributed by atoms with Gasteiger partial charge in [-0.15, -0.1) is 0 Å². The number of hydrogen-bond acceptors (Lipinski definition) is 0. The van der Waals surface area contributed by atoms with E-state index in [4.69, 9.17) is 0 Å².